The Morgan fingerprint density at radius 2 is 1.11 bits per heavy atom. The van der Waals surface area contributed by atoms with Crippen LogP contribution in [0, 0.1) is 0 Å². The summed E-state index contributed by atoms with van der Waals surface area (Å²) < 4.78 is 2.41. The molecule has 0 saturated carbocycles. The summed E-state index contributed by atoms with van der Waals surface area (Å²) in [5.41, 5.74) is 20.5. The average Bonchev–Trinajstić information content (AvgIpc) is 3.93. The second-order valence-corrected chi connectivity index (χ2v) is 15.7. The molecule has 8 aromatic carbocycles. The summed E-state index contributed by atoms with van der Waals surface area (Å²) in [6, 6.07) is 70.4. The van der Waals surface area contributed by atoms with E-state index in [2.05, 4.69) is 217 Å². The lowest BCUT2D eigenvalue weighted by molar-refractivity contribution is 0.617. The van der Waals surface area contributed by atoms with Crippen molar-refractivity contribution in [3.63, 3.8) is 0 Å². The van der Waals surface area contributed by atoms with E-state index in [9.17, 15) is 0 Å². The molecule has 4 nitrogen and oxygen atoms in total. The fourth-order valence-corrected chi connectivity index (χ4v) is 9.31. The van der Waals surface area contributed by atoms with Gasteiger partial charge < -0.3 is 4.57 Å². The van der Waals surface area contributed by atoms with E-state index in [0.29, 0.717) is 0 Å². The molecule has 4 heteroatoms. The molecule has 0 saturated heterocycles. The van der Waals surface area contributed by atoms with E-state index >= 15 is 0 Å². The Morgan fingerprint density at radius 3 is 1.89 bits per heavy atom. The first-order chi connectivity index (χ1) is 28.0. The van der Waals surface area contributed by atoms with Crippen molar-refractivity contribution in [2.24, 2.45) is 5.10 Å². The van der Waals surface area contributed by atoms with Gasteiger partial charge in [-0.15, -0.1) is 0 Å². The molecule has 0 spiro atoms. The molecule has 1 aromatic heterocycles. The largest absolute Gasteiger partial charge is 0.309 e. The second-order valence-electron chi connectivity index (χ2n) is 15.7. The molecular weight excluding hydrogens is 693 g/mol. The van der Waals surface area contributed by atoms with Crippen molar-refractivity contribution in [1.29, 1.82) is 0 Å². The molecule has 57 heavy (non-hydrogen) atoms. The molecule has 11 rings (SSSR count). The summed E-state index contributed by atoms with van der Waals surface area (Å²) in [5, 5.41) is 7.35. The van der Waals surface area contributed by atoms with E-state index in [0.717, 1.165) is 28.3 Å². The van der Waals surface area contributed by atoms with Gasteiger partial charge in [-0.2, -0.15) is 5.10 Å². The van der Waals surface area contributed by atoms with Crippen LogP contribution in [-0.2, 0) is 5.41 Å². The van der Waals surface area contributed by atoms with Crippen LogP contribution in [0.2, 0.25) is 0 Å². The van der Waals surface area contributed by atoms with Crippen molar-refractivity contribution < 1.29 is 0 Å². The zero-order valence-electron chi connectivity index (χ0n) is 31.9. The van der Waals surface area contributed by atoms with Gasteiger partial charge in [0, 0.05) is 33.1 Å². The van der Waals surface area contributed by atoms with Gasteiger partial charge in [0.1, 0.15) is 6.17 Å². The molecule has 0 amide bonds. The number of rotatable bonds is 6. The molecule has 0 radical (unpaired) electrons. The number of benzene rings is 8. The van der Waals surface area contributed by atoms with Crippen LogP contribution in [0.3, 0.4) is 0 Å². The summed E-state index contributed by atoms with van der Waals surface area (Å²) in [6.07, 6.45) is -0.128. The summed E-state index contributed by atoms with van der Waals surface area (Å²) in [4.78, 5) is 2.30. The number of hydrogen-bond acceptors (Lipinski definition) is 3. The lowest BCUT2D eigenvalue weighted by Crippen LogP contribution is -2.33. The van der Waals surface area contributed by atoms with Gasteiger partial charge in [-0.05, 0) is 98.6 Å². The standard InChI is InChI=1S/C53H40N4/c1-53(2)46-23-13-12-21-43(46)44-31-27-39(34-47(44)53)38-28-32-48-45(33-38)50-42(22-14-24-49(50)56(48)40-19-10-5-11-20-40)35-25-29-41(30-26-35)57-51(36-15-6-3-7-16-36)54-55-52(57)37-17-8-4-9-18-37/h3-34,51,54H,1-2H3. The van der Waals surface area contributed by atoms with Crippen LogP contribution >= 0.6 is 0 Å². The Balaban J connectivity index is 1.05. The zero-order chi connectivity index (χ0) is 38.1. The van der Waals surface area contributed by atoms with E-state index in [1.54, 1.807) is 0 Å². The Morgan fingerprint density at radius 1 is 0.474 bits per heavy atom. The van der Waals surface area contributed by atoms with Crippen LogP contribution in [0.4, 0.5) is 5.69 Å². The lowest BCUT2D eigenvalue weighted by Gasteiger charge is -2.28. The van der Waals surface area contributed by atoms with E-state index in [-0.39, 0.29) is 11.6 Å². The Labute approximate surface area is 333 Å². The van der Waals surface area contributed by atoms with E-state index in [1.165, 1.54) is 66.3 Å². The van der Waals surface area contributed by atoms with E-state index in [4.69, 9.17) is 5.10 Å². The first kappa shape index (κ1) is 33.2. The minimum Gasteiger partial charge on any atom is -0.309 e. The minimum absolute atomic E-state index is 0.0608. The highest BCUT2D eigenvalue weighted by atomic mass is 15.5. The first-order valence-electron chi connectivity index (χ1n) is 19.8. The Hall–Kier alpha value is -7.17. The number of nitrogens with one attached hydrogen (secondary N) is 1. The zero-order valence-corrected chi connectivity index (χ0v) is 31.9. The number of hydrogen-bond donors (Lipinski definition) is 1. The number of hydrazone groups is 1. The van der Waals surface area contributed by atoms with Gasteiger partial charge in [0.15, 0.2) is 5.84 Å². The van der Waals surface area contributed by atoms with Crippen molar-refractivity contribution in [3.05, 3.63) is 216 Å². The van der Waals surface area contributed by atoms with Crippen LogP contribution in [0.1, 0.15) is 42.3 Å². The number of para-hydroxylation sites is 1. The van der Waals surface area contributed by atoms with Gasteiger partial charge in [-0.3, -0.25) is 10.3 Å². The molecule has 0 bridgehead atoms. The third-order valence-electron chi connectivity index (χ3n) is 12.1. The number of amidine groups is 1. The molecule has 1 atom stereocenters. The first-order valence-corrected chi connectivity index (χ1v) is 19.8. The van der Waals surface area contributed by atoms with Crippen molar-refractivity contribution >= 4 is 33.3 Å². The second kappa shape index (κ2) is 13.0. The number of nitrogens with zero attached hydrogens (tertiary/aromatic N) is 3. The van der Waals surface area contributed by atoms with Gasteiger partial charge in [-0.25, -0.2) is 0 Å². The highest BCUT2D eigenvalue weighted by molar-refractivity contribution is 6.17. The van der Waals surface area contributed by atoms with E-state index in [1.807, 2.05) is 6.07 Å². The van der Waals surface area contributed by atoms with Gasteiger partial charge in [-0.1, -0.05) is 159 Å². The molecule has 1 aliphatic carbocycles. The highest BCUT2D eigenvalue weighted by Crippen LogP contribution is 2.50. The molecule has 272 valence electrons. The smallest absolute Gasteiger partial charge is 0.162 e. The Bertz CT molecular complexity index is 3000. The molecule has 2 aliphatic rings. The summed E-state index contributed by atoms with van der Waals surface area (Å²) in [5.74, 6) is 0.900. The maximum atomic E-state index is 4.87. The quantitative estimate of drug-likeness (QED) is 0.185. The molecule has 2 heterocycles. The topological polar surface area (TPSA) is 32.6 Å². The number of aromatic nitrogens is 1. The van der Waals surface area contributed by atoms with Gasteiger partial charge in [0.25, 0.3) is 0 Å². The predicted octanol–water partition coefficient (Wildman–Crippen LogP) is 12.9. The van der Waals surface area contributed by atoms with Crippen molar-refractivity contribution in [3.8, 4) is 39.1 Å². The minimum atomic E-state index is -0.128. The average molecular weight is 733 g/mol. The Kier molecular flexibility index (Phi) is 7.55. The molecule has 1 N–H and O–H groups in total. The fourth-order valence-electron chi connectivity index (χ4n) is 9.31. The fraction of sp³-hybridized carbons (Fsp3) is 0.0755. The van der Waals surface area contributed by atoms with E-state index < -0.39 is 0 Å². The van der Waals surface area contributed by atoms with Crippen LogP contribution in [-0.4, -0.2) is 10.4 Å². The maximum absolute atomic E-state index is 4.87. The SMILES string of the molecule is CC1(C)c2ccccc2-c2ccc(-c3ccc4c(c3)c3c(-c5ccc(N6C(c7ccccc7)=NNC6c6ccccc6)cc5)cccc3n4-c3ccccc3)cc21. The van der Waals surface area contributed by atoms with Crippen LogP contribution in [0.15, 0.2) is 199 Å². The number of anilines is 1. The molecule has 0 fully saturated rings. The van der Waals surface area contributed by atoms with Crippen molar-refractivity contribution in [2.45, 2.75) is 25.4 Å². The summed E-state index contributed by atoms with van der Waals surface area (Å²) in [7, 11) is 0. The summed E-state index contributed by atoms with van der Waals surface area (Å²) in [6.45, 7) is 4.71. The molecular formula is C53H40N4. The molecule has 1 aliphatic heterocycles. The predicted molar refractivity (Wildman–Crippen MR) is 237 cm³/mol. The lowest BCUT2D eigenvalue weighted by atomic mass is 9.81. The third kappa shape index (κ3) is 5.25. The molecule has 1 unspecified atom stereocenters. The molecule has 9 aromatic rings. The monoisotopic (exact) mass is 732 g/mol. The van der Waals surface area contributed by atoms with Crippen molar-refractivity contribution in [1.82, 2.24) is 9.99 Å². The van der Waals surface area contributed by atoms with Crippen LogP contribution in [0.25, 0.3) is 60.9 Å². The van der Waals surface area contributed by atoms with Gasteiger partial charge in [0.05, 0.1) is 11.0 Å². The van der Waals surface area contributed by atoms with Gasteiger partial charge >= 0.3 is 0 Å². The summed E-state index contributed by atoms with van der Waals surface area (Å²) >= 11 is 0. The van der Waals surface area contributed by atoms with Crippen molar-refractivity contribution in [2.75, 3.05) is 4.90 Å². The van der Waals surface area contributed by atoms with Gasteiger partial charge in [0.2, 0.25) is 0 Å². The van der Waals surface area contributed by atoms with Crippen LogP contribution < -0.4 is 10.3 Å². The maximum Gasteiger partial charge on any atom is 0.162 e. The van der Waals surface area contributed by atoms with Crippen LogP contribution in [0.5, 0.6) is 0 Å². The normalized spacial score (nSPS) is 15.4. The third-order valence-corrected chi connectivity index (χ3v) is 12.1. The highest BCUT2D eigenvalue weighted by Gasteiger charge is 2.35. The number of fused-ring (bicyclic) bond motifs is 6.